The van der Waals surface area contributed by atoms with E-state index in [4.69, 9.17) is 5.73 Å². The molecule has 0 spiro atoms. The molecular weight excluding hydrogens is 240 g/mol. The Morgan fingerprint density at radius 1 is 1.32 bits per heavy atom. The Bertz CT molecular complexity index is 545. The second-order valence-electron chi connectivity index (χ2n) is 4.43. The maximum atomic E-state index is 11.8. The van der Waals surface area contributed by atoms with Gasteiger partial charge in [0, 0.05) is 11.9 Å². The molecule has 5 nitrogen and oxygen atoms in total. The van der Waals surface area contributed by atoms with Crippen LogP contribution in [0.3, 0.4) is 0 Å². The van der Waals surface area contributed by atoms with Crippen LogP contribution in [0.1, 0.15) is 18.9 Å². The second kappa shape index (κ2) is 6.04. The van der Waals surface area contributed by atoms with Crippen LogP contribution in [-0.2, 0) is 17.8 Å². The standard InChI is InChI=1S/C14H18N4O/c1-2-3-11-4-6-12(7-5-11)16-14(19)10-18-9-8-13(15)17-18/h4-9H,2-3,10H2,1H3,(H2,15,17)(H,16,19). The highest BCUT2D eigenvalue weighted by Crippen LogP contribution is 2.11. The van der Waals surface area contributed by atoms with Gasteiger partial charge in [-0.2, -0.15) is 5.10 Å². The summed E-state index contributed by atoms with van der Waals surface area (Å²) >= 11 is 0. The van der Waals surface area contributed by atoms with Crippen molar-refractivity contribution in [3.8, 4) is 0 Å². The molecule has 0 saturated heterocycles. The lowest BCUT2D eigenvalue weighted by atomic mass is 10.1. The summed E-state index contributed by atoms with van der Waals surface area (Å²) in [5.74, 6) is 0.295. The fraction of sp³-hybridized carbons (Fsp3) is 0.286. The number of carbonyl (C=O) groups is 1. The van der Waals surface area contributed by atoms with Gasteiger partial charge in [-0.05, 0) is 30.2 Å². The summed E-state index contributed by atoms with van der Waals surface area (Å²) in [5.41, 5.74) is 7.56. The van der Waals surface area contributed by atoms with E-state index < -0.39 is 0 Å². The number of rotatable bonds is 5. The van der Waals surface area contributed by atoms with Gasteiger partial charge in [0.05, 0.1) is 0 Å². The van der Waals surface area contributed by atoms with Crippen LogP contribution in [0, 0.1) is 0 Å². The Morgan fingerprint density at radius 2 is 2.05 bits per heavy atom. The third-order valence-corrected chi connectivity index (χ3v) is 2.74. The van der Waals surface area contributed by atoms with Crippen LogP contribution < -0.4 is 11.1 Å². The van der Waals surface area contributed by atoms with Crippen molar-refractivity contribution in [3.63, 3.8) is 0 Å². The Morgan fingerprint density at radius 3 is 2.63 bits per heavy atom. The van der Waals surface area contributed by atoms with Gasteiger partial charge in [0.25, 0.3) is 0 Å². The first kappa shape index (κ1) is 13.1. The Kier molecular flexibility index (Phi) is 4.18. The highest BCUT2D eigenvalue weighted by Gasteiger charge is 2.04. The summed E-state index contributed by atoms with van der Waals surface area (Å²) < 4.78 is 1.51. The molecule has 3 N–H and O–H groups in total. The van der Waals surface area contributed by atoms with E-state index in [0.29, 0.717) is 5.82 Å². The number of hydrogen-bond donors (Lipinski definition) is 2. The van der Waals surface area contributed by atoms with Crippen LogP contribution >= 0.6 is 0 Å². The van der Waals surface area contributed by atoms with Gasteiger partial charge in [0.1, 0.15) is 12.4 Å². The number of nitrogens with one attached hydrogen (secondary N) is 1. The van der Waals surface area contributed by atoms with Crippen LogP contribution in [0.25, 0.3) is 0 Å². The van der Waals surface area contributed by atoms with E-state index in [1.54, 1.807) is 12.3 Å². The summed E-state index contributed by atoms with van der Waals surface area (Å²) in [6, 6.07) is 9.56. The van der Waals surface area contributed by atoms with Crippen molar-refractivity contribution in [2.24, 2.45) is 0 Å². The summed E-state index contributed by atoms with van der Waals surface area (Å²) in [4.78, 5) is 11.8. The van der Waals surface area contributed by atoms with E-state index in [0.717, 1.165) is 18.5 Å². The van der Waals surface area contributed by atoms with Crippen LogP contribution in [0.5, 0.6) is 0 Å². The van der Waals surface area contributed by atoms with Crippen molar-refractivity contribution in [1.29, 1.82) is 0 Å². The molecule has 0 bridgehead atoms. The number of amides is 1. The molecule has 0 atom stereocenters. The zero-order valence-electron chi connectivity index (χ0n) is 11.0. The highest BCUT2D eigenvalue weighted by atomic mass is 16.2. The molecule has 0 fully saturated rings. The lowest BCUT2D eigenvalue weighted by Gasteiger charge is -2.06. The van der Waals surface area contributed by atoms with Gasteiger partial charge in [0.15, 0.2) is 0 Å². The minimum atomic E-state index is -0.119. The Balaban J connectivity index is 1.91. The smallest absolute Gasteiger partial charge is 0.246 e. The molecule has 19 heavy (non-hydrogen) atoms. The number of aromatic nitrogens is 2. The average Bonchev–Trinajstić information content (AvgIpc) is 2.77. The molecular formula is C14H18N4O. The van der Waals surface area contributed by atoms with E-state index >= 15 is 0 Å². The Labute approximate surface area is 112 Å². The normalized spacial score (nSPS) is 10.4. The van der Waals surface area contributed by atoms with Crippen LogP contribution in [0.2, 0.25) is 0 Å². The topological polar surface area (TPSA) is 72.9 Å². The number of carbonyl (C=O) groups excluding carboxylic acids is 1. The summed E-state index contributed by atoms with van der Waals surface area (Å²) in [5, 5.41) is 6.79. The van der Waals surface area contributed by atoms with Gasteiger partial charge in [-0.3, -0.25) is 9.48 Å². The average molecular weight is 258 g/mol. The van der Waals surface area contributed by atoms with Crippen LogP contribution in [-0.4, -0.2) is 15.7 Å². The largest absolute Gasteiger partial charge is 0.382 e. The number of aryl methyl sites for hydroxylation is 1. The van der Waals surface area contributed by atoms with Crippen molar-refractivity contribution in [2.45, 2.75) is 26.3 Å². The van der Waals surface area contributed by atoms with E-state index in [2.05, 4.69) is 17.3 Å². The molecule has 0 unspecified atom stereocenters. The number of benzene rings is 1. The lowest BCUT2D eigenvalue weighted by Crippen LogP contribution is -2.19. The molecule has 0 saturated carbocycles. The summed E-state index contributed by atoms with van der Waals surface area (Å²) in [6.45, 7) is 2.30. The minimum Gasteiger partial charge on any atom is -0.382 e. The van der Waals surface area contributed by atoms with Gasteiger partial charge < -0.3 is 11.1 Å². The van der Waals surface area contributed by atoms with Gasteiger partial charge >= 0.3 is 0 Å². The lowest BCUT2D eigenvalue weighted by molar-refractivity contribution is -0.116. The fourth-order valence-electron chi connectivity index (χ4n) is 1.86. The second-order valence-corrected chi connectivity index (χ2v) is 4.43. The number of hydrogen-bond acceptors (Lipinski definition) is 3. The SMILES string of the molecule is CCCc1ccc(NC(=O)Cn2ccc(N)n2)cc1. The molecule has 1 amide bonds. The van der Waals surface area contributed by atoms with Gasteiger partial charge in [-0.1, -0.05) is 25.5 Å². The molecule has 1 aromatic carbocycles. The van der Waals surface area contributed by atoms with Crippen molar-refractivity contribution in [1.82, 2.24) is 9.78 Å². The van der Waals surface area contributed by atoms with Crippen molar-refractivity contribution < 1.29 is 4.79 Å². The first-order valence-electron chi connectivity index (χ1n) is 6.35. The molecule has 0 radical (unpaired) electrons. The first-order valence-corrected chi connectivity index (χ1v) is 6.35. The van der Waals surface area contributed by atoms with Gasteiger partial charge in [0.2, 0.25) is 5.91 Å². The van der Waals surface area contributed by atoms with Gasteiger partial charge in [-0.15, -0.1) is 0 Å². The van der Waals surface area contributed by atoms with Gasteiger partial charge in [-0.25, -0.2) is 0 Å². The van der Waals surface area contributed by atoms with E-state index in [9.17, 15) is 4.79 Å². The zero-order valence-corrected chi connectivity index (χ0v) is 11.0. The predicted octanol–water partition coefficient (Wildman–Crippen LogP) is 2.06. The molecule has 2 aromatic rings. The highest BCUT2D eigenvalue weighted by molar-refractivity contribution is 5.90. The molecule has 2 rings (SSSR count). The maximum Gasteiger partial charge on any atom is 0.246 e. The van der Waals surface area contributed by atoms with E-state index in [1.165, 1.54) is 10.2 Å². The van der Waals surface area contributed by atoms with Crippen molar-refractivity contribution >= 4 is 17.4 Å². The molecule has 100 valence electrons. The summed E-state index contributed by atoms with van der Waals surface area (Å²) in [6.07, 6.45) is 3.85. The number of nitrogens with zero attached hydrogens (tertiary/aromatic N) is 2. The van der Waals surface area contributed by atoms with Crippen molar-refractivity contribution in [2.75, 3.05) is 11.1 Å². The third kappa shape index (κ3) is 3.84. The predicted molar refractivity (Wildman–Crippen MR) is 75.7 cm³/mol. The number of nitrogen functional groups attached to an aromatic ring is 1. The third-order valence-electron chi connectivity index (χ3n) is 2.74. The van der Waals surface area contributed by atoms with E-state index in [1.807, 2.05) is 24.3 Å². The van der Waals surface area contributed by atoms with Crippen LogP contribution in [0.4, 0.5) is 11.5 Å². The van der Waals surface area contributed by atoms with E-state index in [-0.39, 0.29) is 12.5 Å². The molecule has 0 aliphatic heterocycles. The molecule has 1 heterocycles. The summed E-state index contributed by atoms with van der Waals surface area (Å²) in [7, 11) is 0. The molecule has 5 heteroatoms. The van der Waals surface area contributed by atoms with Crippen LogP contribution in [0.15, 0.2) is 36.5 Å². The maximum absolute atomic E-state index is 11.8. The fourth-order valence-corrected chi connectivity index (χ4v) is 1.86. The number of nitrogens with two attached hydrogens (primary N) is 1. The molecule has 0 aliphatic carbocycles. The molecule has 1 aromatic heterocycles. The molecule has 0 aliphatic rings. The Hall–Kier alpha value is -2.30. The number of anilines is 2. The zero-order chi connectivity index (χ0) is 13.7. The van der Waals surface area contributed by atoms with Crippen molar-refractivity contribution in [3.05, 3.63) is 42.1 Å². The minimum absolute atomic E-state index is 0.119. The quantitative estimate of drug-likeness (QED) is 0.862. The monoisotopic (exact) mass is 258 g/mol. The first-order chi connectivity index (χ1) is 9.17.